The lowest BCUT2D eigenvalue weighted by molar-refractivity contribution is -0.219. The topological polar surface area (TPSA) is 64.1 Å². The van der Waals surface area contributed by atoms with Crippen LogP contribution >= 0.6 is 0 Å². The average Bonchev–Trinajstić information content (AvgIpc) is 3.11. The molecule has 1 heterocycles. The van der Waals surface area contributed by atoms with Crippen LogP contribution < -0.4 is 20.1 Å². The summed E-state index contributed by atoms with van der Waals surface area (Å²) < 4.78 is 68.4. The quantitative estimate of drug-likeness (QED) is 0.136. The molecule has 0 aromatic heterocycles. The number of amidine groups is 1. The molecule has 6 rings (SSSR count). The Balaban J connectivity index is 1.56. The van der Waals surface area contributed by atoms with E-state index < -0.39 is 34.3 Å². The maximum Gasteiger partial charge on any atom is 0.311 e. The molecule has 0 amide bonds. The van der Waals surface area contributed by atoms with Gasteiger partial charge in [0.1, 0.15) is 22.6 Å². The summed E-state index contributed by atoms with van der Waals surface area (Å²) in [6.45, 7) is 5.75. The van der Waals surface area contributed by atoms with E-state index in [2.05, 4.69) is 10.6 Å². The first-order valence-corrected chi connectivity index (χ1v) is 16.5. The van der Waals surface area contributed by atoms with Crippen molar-refractivity contribution in [1.82, 2.24) is 5.32 Å². The zero-order valence-corrected chi connectivity index (χ0v) is 29.0. The van der Waals surface area contributed by atoms with Gasteiger partial charge in [-0.2, -0.15) is 8.78 Å². The molecule has 9 heteroatoms. The number of rotatable bonds is 9. The Morgan fingerprint density at radius 2 is 1.26 bits per heavy atom. The van der Waals surface area contributed by atoms with Gasteiger partial charge in [-0.25, -0.2) is 9.38 Å². The van der Waals surface area contributed by atoms with E-state index in [1.54, 1.807) is 32.4 Å². The van der Waals surface area contributed by atoms with Gasteiger partial charge in [0.15, 0.2) is 5.60 Å². The molecule has 4 aromatic carbocycles. The third-order valence-electron chi connectivity index (χ3n) is 9.91. The van der Waals surface area contributed by atoms with E-state index in [0.29, 0.717) is 17.2 Å². The number of para-hydroxylation sites is 1. The summed E-state index contributed by atoms with van der Waals surface area (Å²) in [5.74, 6) is -6.25. The van der Waals surface area contributed by atoms with Crippen molar-refractivity contribution in [1.29, 1.82) is 0 Å². The highest BCUT2D eigenvalue weighted by Crippen LogP contribution is 2.54. The average molecular weight is 682 g/mol. The molecular weight excluding hydrogens is 639 g/mol. The van der Waals surface area contributed by atoms with Gasteiger partial charge in [-0.1, -0.05) is 91.0 Å². The number of halogens is 3. The van der Waals surface area contributed by atoms with E-state index in [-0.39, 0.29) is 6.02 Å². The first-order valence-electron chi connectivity index (χ1n) is 16.5. The molecule has 50 heavy (non-hydrogen) atoms. The van der Waals surface area contributed by atoms with Gasteiger partial charge in [-0.3, -0.25) is 0 Å². The second-order valence-corrected chi connectivity index (χ2v) is 13.4. The number of hydrogen-bond acceptors (Lipinski definition) is 6. The standard InChI is InChI=1S/C41H42F3N3O3/c1-28-14-10-11-17-34(28)45-39(42)27-13-12-18-35(39)38(4)41(43,44)37(2,3)50-36(46-38)47-40(29-15-8-7-9-16-29,30-19-23-32(48-5)24-20-30)31-21-25-33(49-6)26-22-31/h7-27,35,45H,1-6H3,(H,46,47)/t35?,38-,39?/m1/s1. The number of alkyl halides is 3. The monoisotopic (exact) mass is 681 g/mol. The predicted octanol–water partition coefficient (Wildman–Crippen LogP) is 8.97. The molecule has 0 radical (unpaired) electrons. The number of aliphatic imine (C=N–C) groups is 1. The normalized spacial score (nSPS) is 23.7. The summed E-state index contributed by atoms with van der Waals surface area (Å²) in [6, 6.07) is 31.5. The summed E-state index contributed by atoms with van der Waals surface area (Å²) in [6.07, 6.45) is 5.83. The second kappa shape index (κ2) is 12.9. The van der Waals surface area contributed by atoms with Gasteiger partial charge in [-0.15, -0.1) is 0 Å². The molecule has 2 N–H and O–H groups in total. The fraction of sp³-hybridized carbons (Fsp3) is 0.293. The van der Waals surface area contributed by atoms with Crippen molar-refractivity contribution >= 4 is 11.7 Å². The zero-order chi connectivity index (χ0) is 35.8. The SMILES string of the molecule is COc1ccc(C(NC2=N[C@](C)(C3C=CC=CC3(F)Nc3ccccc3C)C(F)(F)C(C)(C)O2)(c2ccccc2)c2ccc(OC)cc2)cc1. The number of ether oxygens (including phenoxy) is 3. The minimum Gasteiger partial charge on any atom is -0.497 e. The summed E-state index contributed by atoms with van der Waals surface area (Å²) >= 11 is 0. The van der Waals surface area contributed by atoms with Crippen LogP contribution in [0.25, 0.3) is 0 Å². The number of nitrogens with one attached hydrogen (secondary N) is 2. The molecule has 1 aliphatic heterocycles. The van der Waals surface area contributed by atoms with Gasteiger partial charge in [0.2, 0.25) is 5.79 Å². The van der Waals surface area contributed by atoms with Crippen LogP contribution in [-0.4, -0.2) is 43.1 Å². The molecule has 2 unspecified atom stereocenters. The van der Waals surface area contributed by atoms with Crippen LogP contribution in [0.1, 0.15) is 43.0 Å². The van der Waals surface area contributed by atoms with E-state index in [0.717, 1.165) is 22.3 Å². The molecular formula is C41H42F3N3O3. The first-order chi connectivity index (χ1) is 23.8. The van der Waals surface area contributed by atoms with E-state index in [4.69, 9.17) is 19.2 Å². The summed E-state index contributed by atoms with van der Waals surface area (Å²) in [7, 11) is 3.17. The van der Waals surface area contributed by atoms with Crippen LogP contribution in [0.15, 0.2) is 132 Å². The molecule has 2 aliphatic rings. The number of anilines is 1. The third-order valence-corrected chi connectivity index (χ3v) is 9.91. The minimum absolute atomic E-state index is 0.167. The number of methoxy groups -OCH3 is 2. The molecule has 0 spiro atoms. The van der Waals surface area contributed by atoms with Crippen molar-refractivity contribution < 1.29 is 27.4 Å². The van der Waals surface area contributed by atoms with Gasteiger partial charge >= 0.3 is 5.92 Å². The number of benzene rings is 4. The van der Waals surface area contributed by atoms with E-state index in [1.165, 1.54) is 39.0 Å². The van der Waals surface area contributed by atoms with Gasteiger partial charge in [-0.05, 0) is 86.4 Å². The van der Waals surface area contributed by atoms with E-state index in [9.17, 15) is 0 Å². The lowest BCUT2D eigenvalue weighted by atomic mass is 9.68. The van der Waals surface area contributed by atoms with Gasteiger partial charge in [0.05, 0.1) is 20.1 Å². The Bertz CT molecular complexity index is 1860. The van der Waals surface area contributed by atoms with Crippen molar-refractivity contribution in [3.05, 3.63) is 150 Å². The number of nitrogens with zero attached hydrogens (tertiary/aromatic N) is 1. The Morgan fingerprint density at radius 3 is 1.82 bits per heavy atom. The molecule has 4 aromatic rings. The highest BCUT2D eigenvalue weighted by Gasteiger charge is 2.70. The fourth-order valence-electron chi connectivity index (χ4n) is 7.03. The highest BCUT2D eigenvalue weighted by molar-refractivity contribution is 5.79. The summed E-state index contributed by atoms with van der Waals surface area (Å²) in [4.78, 5) is 4.69. The molecule has 0 fully saturated rings. The van der Waals surface area contributed by atoms with Crippen LogP contribution in [-0.2, 0) is 10.3 Å². The van der Waals surface area contributed by atoms with Crippen molar-refractivity contribution in [2.45, 2.75) is 56.1 Å². The smallest absolute Gasteiger partial charge is 0.311 e. The fourth-order valence-corrected chi connectivity index (χ4v) is 7.03. The van der Waals surface area contributed by atoms with Crippen LogP contribution in [0, 0.1) is 12.8 Å². The van der Waals surface area contributed by atoms with Crippen LogP contribution in [0.4, 0.5) is 18.9 Å². The van der Waals surface area contributed by atoms with Crippen LogP contribution in [0.2, 0.25) is 0 Å². The van der Waals surface area contributed by atoms with Crippen molar-refractivity contribution in [3.63, 3.8) is 0 Å². The third kappa shape index (κ3) is 5.78. The number of hydrogen-bond donors (Lipinski definition) is 2. The number of aryl methyl sites for hydroxylation is 1. The van der Waals surface area contributed by atoms with E-state index in [1.807, 2.05) is 97.9 Å². The van der Waals surface area contributed by atoms with Crippen molar-refractivity contribution in [2.24, 2.45) is 10.9 Å². The molecule has 1 aliphatic carbocycles. The molecule has 0 saturated heterocycles. The molecule has 0 saturated carbocycles. The molecule has 260 valence electrons. The van der Waals surface area contributed by atoms with Gasteiger partial charge < -0.3 is 24.8 Å². The predicted molar refractivity (Wildman–Crippen MR) is 192 cm³/mol. The van der Waals surface area contributed by atoms with Crippen molar-refractivity contribution in [3.8, 4) is 11.5 Å². The molecule has 3 atom stereocenters. The van der Waals surface area contributed by atoms with Crippen LogP contribution in [0.5, 0.6) is 11.5 Å². The summed E-state index contributed by atoms with van der Waals surface area (Å²) in [5.41, 5.74) is -2.15. The number of allylic oxidation sites excluding steroid dienone is 2. The lowest BCUT2D eigenvalue weighted by Crippen LogP contribution is -2.70. The van der Waals surface area contributed by atoms with Crippen LogP contribution in [0.3, 0.4) is 0 Å². The zero-order valence-electron chi connectivity index (χ0n) is 29.0. The largest absolute Gasteiger partial charge is 0.497 e. The van der Waals surface area contributed by atoms with Crippen molar-refractivity contribution in [2.75, 3.05) is 19.5 Å². The van der Waals surface area contributed by atoms with Gasteiger partial charge in [0, 0.05) is 5.69 Å². The highest BCUT2D eigenvalue weighted by atomic mass is 19.3. The Morgan fingerprint density at radius 1 is 0.720 bits per heavy atom. The van der Waals surface area contributed by atoms with E-state index >= 15 is 13.2 Å². The maximum atomic E-state index is 17.4. The molecule has 0 bridgehead atoms. The van der Waals surface area contributed by atoms with Gasteiger partial charge in [0.25, 0.3) is 6.02 Å². The minimum atomic E-state index is -3.65. The lowest BCUT2D eigenvalue weighted by Gasteiger charge is -2.53. The Hall–Kier alpha value is -5.18. The first kappa shape index (κ1) is 34.7. The second-order valence-electron chi connectivity index (χ2n) is 13.4. The molecule has 6 nitrogen and oxygen atoms in total. The Labute approximate surface area is 291 Å². The Kier molecular flexibility index (Phi) is 8.97. The maximum absolute atomic E-state index is 17.4. The summed E-state index contributed by atoms with van der Waals surface area (Å²) in [5, 5.41) is 6.43.